The number of carbonyl (C=O) groups excluding carboxylic acids is 2. The quantitative estimate of drug-likeness (QED) is 0.802. The smallest absolute Gasteiger partial charge is 0.233 e. The highest BCUT2D eigenvalue weighted by Gasteiger charge is 2.12. The summed E-state index contributed by atoms with van der Waals surface area (Å²) in [5, 5.41) is 5.30. The van der Waals surface area contributed by atoms with Crippen LogP contribution in [0.5, 0.6) is 5.75 Å². The lowest BCUT2D eigenvalue weighted by Gasteiger charge is -2.11. The number of nitrogens with one attached hydrogen (secondary N) is 2. The van der Waals surface area contributed by atoms with Gasteiger partial charge < -0.3 is 19.8 Å². The van der Waals surface area contributed by atoms with Crippen LogP contribution in [0, 0.1) is 6.92 Å². The molecule has 1 aromatic carbocycles. The van der Waals surface area contributed by atoms with Gasteiger partial charge >= 0.3 is 0 Å². The predicted molar refractivity (Wildman–Crippen MR) is 81.5 cm³/mol. The van der Waals surface area contributed by atoms with Gasteiger partial charge in [-0.05, 0) is 36.8 Å². The Labute approximate surface area is 128 Å². The van der Waals surface area contributed by atoms with E-state index in [1.165, 1.54) is 13.4 Å². The molecule has 116 valence electrons. The minimum Gasteiger partial charge on any atom is -0.495 e. The van der Waals surface area contributed by atoms with Crippen molar-refractivity contribution in [2.24, 2.45) is 0 Å². The largest absolute Gasteiger partial charge is 0.495 e. The highest BCUT2D eigenvalue weighted by Crippen LogP contribution is 2.25. The van der Waals surface area contributed by atoms with E-state index in [1.807, 2.05) is 13.0 Å². The first-order valence-electron chi connectivity index (χ1n) is 6.82. The molecule has 6 nitrogen and oxygen atoms in total. The third-order valence-electron chi connectivity index (χ3n) is 2.99. The van der Waals surface area contributed by atoms with Crippen LogP contribution in [-0.2, 0) is 16.1 Å². The second kappa shape index (κ2) is 7.31. The summed E-state index contributed by atoms with van der Waals surface area (Å²) in [6.07, 6.45) is 1.26. The van der Waals surface area contributed by atoms with Crippen molar-refractivity contribution in [1.82, 2.24) is 5.32 Å². The number of methoxy groups -OCH3 is 1. The molecular weight excluding hydrogens is 284 g/mol. The fourth-order valence-electron chi connectivity index (χ4n) is 1.92. The van der Waals surface area contributed by atoms with E-state index in [0.29, 0.717) is 17.2 Å². The Morgan fingerprint density at radius 2 is 2.05 bits per heavy atom. The van der Waals surface area contributed by atoms with Crippen molar-refractivity contribution in [3.63, 3.8) is 0 Å². The molecule has 6 heteroatoms. The monoisotopic (exact) mass is 302 g/mol. The van der Waals surface area contributed by atoms with E-state index in [9.17, 15) is 9.59 Å². The topological polar surface area (TPSA) is 80.6 Å². The number of ether oxygens (including phenoxy) is 1. The maximum atomic E-state index is 11.9. The third kappa shape index (κ3) is 4.37. The molecule has 2 amide bonds. The Bertz CT molecular complexity index is 650. The molecule has 1 heterocycles. The molecule has 0 unspecified atom stereocenters. The first-order valence-corrected chi connectivity index (χ1v) is 6.82. The lowest BCUT2D eigenvalue weighted by Crippen LogP contribution is -2.27. The SMILES string of the molecule is COc1ccc(C)cc1NC(=O)CC(=O)NCc1ccco1. The van der Waals surface area contributed by atoms with Gasteiger partial charge in [0.1, 0.15) is 17.9 Å². The maximum Gasteiger partial charge on any atom is 0.233 e. The molecule has 2 N–H and O–H groups in total. The molecule has 0 bridgehead atoms. The standard InChI is InChI=1S/C16H18N2O4/c1-11-5-6-14(21-2)13(8-11)18-16(20)9-15(19)17-10-12-4-3-7-22-12/h3-8H,9-10H2,1-2H3,(H,17,19)(H,18,20). The normalized spacial score (nSPS) is 10.1. The van der Waals surface area contributed by atoms with Gasteiger partial charge in [-0.3, -0.25) is 9.59 Å². The molecule has 2 aromatic rings. The average Bonchev–Trinajstić information content (AvgIpc) is 2.98. The highest BCUT2D eigenvalue weighted by atomic mass is 16.5. The number of carbonyl (C=O) groups is 2. The van der Waals surface area contributed by atoms with Gasteiger partial charge in [-0.25, -0.2) is 0 Å². The zero-order chi connectivity index (χ0) is 15.9. The lowest BCUT2D eigenvalue weighted by atomic mass is 10.2. The van der Waals surface area contributed by atoms with Crippen LogP contribution in [-0.4, -0.2) is 18.9 Å². The van der Waals surface area contributed by atoms with Crippen LogP contribution in [0.15, 0.2) is 41.0 Å². The van der Waals surface area contributed by atoms with E-state index in [0.717, 1.165) is 5.56 Å². The van der Waals surface area contributed by atoms with E-state index in [-0.39, 0.29) is 18.9 Å². The van der Waals surface area contributed by atoms with Gasteiger partial charge in [0.2, 0.25) is 11.8 Å². The molecule has 0 aliphatic rings. The molecule has 0 radical (unpaired) electrons. The van der Waals surface area contributed by atoms with E-state index in [2.05, 4.69) is 10.6 Å². The van der Waals surface area contributed by atoms with Crippen LogP contribution in [0.25, 0.3) is 0 Å². The minimum absolute atomic E-state index is 0.257. The van der Waals surface area contributed by atoms with Gasteiger partial charge in [0.25, 0.3) is 0 Å². The van der Waals surface area contributed by atoms with Crippen molar-refractivity contribution in [1.29, 1.82) is 0 Å². The van der Waals surface area contributed by atoms with Crippen molar-refractivity contribution in [2.45, 2.75) is 19.9 Å². The summed E-state index contributed by atoms with van der Waals surface area (Å²) < 4.78 is 10.3. The van der Waals surface area contributed by atoms with E-state index in [1.54, 1.807) is 24.3 Å². The van der Waals surface area contributed by atoms with Gasteiger partial charge in [-0.1, -0.05) is 6.07 Å². The maximum absolute atomic E-state index is 11.9. The van der Waals surface area contributed by atoms with Crippen LogP contribution in [0.2, 0.25) is 0 Å². The number of anilines is 1. The second-order valence-electron chi connectivity index (χ2n) is 4.78. The Morgan fingerprint density at radius 1 is 1.23 bits per heavy atom. The Kier molecular flexibility index (Phi) is 5.19. The number of hydrogen-bond acceptors (Lipinski definition) is 4. The predicted octanol–water partition coefficient (Wildman–Crippen LogP) is 2.24. The minimum atomic E-state index is -0.402. The summed E-state index contributed by atoms with van der Waals surface area (Å²) in [6.45, 7) is 2.16. The summed E-state index contributed by atoms with van der Waals surface area (Å²) in [6, 6.07) is 8.92. The number of amides is 2. The Hall–Kier alpha value is -2.76. The van der Waals surface area contributed by atoms with Crippen LogP contribution in [0.4, 0.5) is 5.69 Å². The van der Waals surface area contributed by atoms with Gasteiger partial charge in [0, 0.05) is 0 Å². The number of furan rings is 1. The van der Waals surface area contributed by atoms with Crippen molar-refractivity contribution in [3.05, 3.63) is 47.9 Å². The summed E-state index contributed by atoms with van der Waals surface area (Å²) in [5.41, 5.74) is 1.53. The van der Waals surface area contributed by atoms with Crippen molar-refractivity contribution in [3.8, 4) is 5.75 Å². The van der Waals surface area contributed by atoms with E-state index < -0.39 is 5.91 Å². The number of benzene rings is 1. The van der Waals surface area contributed by atoms with Crippen molar-refractivity contribution < 1.29 is 18.7 Å². The molecule has 0 aliphatic carbocycles. The molecule has 2 rings (SSSR count). The fraction of sp³-hybridized carbons (Fsp3) is 0.250. The molecule has 0 aliphatic heterocycles. The van der Waals surface area contributed by atoms with Crippen LogP contribution in [0.1, 0.15) is 17.7 Å². The molecular formula is C16H18N2O4. The summed E-state index contributed by atoms with van der Waals surface area (Å²) >= 11 is 0. The van der Waals surface area contributed by atoms with Crippen LogP contribution in [0.3, 0.4) is 0 Å². The van der Waals surface area contributed by atoms with E-state index >= 15 is 0 Å². The summed E-state index contributed by atoms with van der Waals surface area (Å²) in [5.74, 6) is 0.408. The first-order chi connectivity index (χ1) is 10.6. The van der Waals surface area contributed by atoms with Gasteiger partial charge in [0.05, 0.1) is 25.6 Å². The van der Waals surface area contributed by atoms with Gasteiger partial charge in [-0.2, -0.15) is 0 Å². The van der Waals surface area contributed by atoms with Gasteiger partial charge in [-0.15, -0.1) is 0 Å². The molecule has 0 saturated carbocycles. The van der Waals surface area contributed by atoms with Gasteiger partial charge in [0.15, 0.2) is 0 Å². The summed E-state index contributed by atoms with van der Waals surface area (Å²) in [4.78, 5) is 23.6. The third-order valence-corrected chi connectivity index (χ3v) is 2.99. The zero-order valence-electron chi connectivity index (χ0n) is 12.5. The Balaban J connectivity index is 1.87. The van der Waals surface area contributed by atoms with E-state index in [4.69, 9.17) is 9.15 Å². The number of aryl methyl sites for hydroxylation is 1. The second-order valence-corrected chi connectivity index (χ2v) is 4.78. The number of hydrogen-bond donors (Lipinski definition) is 2. The zero-order valence-corrected chi connectivity index (χ0v) is 12.5. The van der Waals surface area contributed by atoms with Crippen molar-refractivity contribution in [2.75, 3.05) is 12.4 Å². The molecule has 0 fully saturated rings. The number of rotatable bonds is 6. The first kappa shape index (κ1) is 15.6. The average molecular weight is 302 g/mol. The Morgan fingerprint density at radius 3 is 2.73 bits per heavy atom. The molecule has 0 saturated heterocycles. The molecule has 1 aromatic heterocycles. The highest BCUT2D eigenvalue weighted by molar-refractivity contribution is 6.04. The fourth-order valence-corrected chi connectivity index (χ4v) is 1.92. The molecule has 0 atom stereocenters. The molecule has 22 heavy (non-hydrogen) atoms. The lowest BCUT2D eigenvalue weighted by molar-refractivity contribution is -0.127. The van der Waals surface area contributed by atoms with Crippen LogP contribution >= 0.6 is 0 Å². The summed E-state index contributed by atoms with van der Waals surface area (Å²) in [7, 11) is 1.52. The van der Waals surface area contributed by atoms with Crippen molar-refractivity contribution >= 4 is 17.5 Å². The van der Waals surface area contributed by atoms with Crippen LogP contribution < -0.4 is 15.4 Å². The molecule has 0 spiro atoms.